The second-order valence-corrected chi connectivity index (χ2v) is 7.12. The van der Waals surface area contributed by atoms with Gasteiger partial charge in [-0.15, -0.1) is 0 Å². The van der Waals surface area contributed by atoms with Gasteiger partial charge in [-0.2, -0.15) is 5.10 Å². The summed E-state index contributed by atoms with van der Waals surface area (Å²) in [6.45, 7) is 0.349. The molecule has 0 saturated heterocycles. The molecule has 0 aliphatic carbocycles. The number of ether oxygens (including phenoxy) is 3. The van der Waals surface area contributed by atoms with Crippen molar-refractivity contribution in [3.63, 3.8) is 0 Å². The van der Waals surface area contributed by atoms with Crippen molar-refractivity contribution < 1.29 is 23.4 Å². The average Bonchev–Trinajstić information content (AvgIpc) is 3.46. The predicted octanol–water partition coefficient (Wildman–Crippen LogP) is 5.01. The first kappa shape index (κ1) is 21.3. The first-order valence-electron chi connectivity index (χ1n) is 9.67. The van der Waals surface area contributed by atoms with E-state index in [1.165, 1.54) is 6.20 Å². The topological polar surface area (TPSA) is 87.8 Å². The van der Waals surface area contributed by atoms with Crippen LogP contribution in [0.15, 0.2) is 77.5 Å². The molecular formula is C23H20ClN3O5. The van der Waals surface area contributed by atoms with Crippen LogP contribution in [0.25, 0.3) is 0 Å². The lowest BCUT2D eigenvalue weighted by molar-refractivity contribution is 0.0992. The standard InChI is InChI=1S/C23H20ClN3O5/c1-29-18-5-3-7-20(11-18)30-14-21-8-9-22(32-21)23(28)26-17-12-25-27(13-17)15-31-19-6-2-4-16(24)10-19/h2-13H,14-15H2,1H3,(H,26,28). The Morgan fingerprint density at radius 1 is 1.06 bits per heavy atom. The molecule has 0 aliphatic rings. The van der Waals surface area contributed by atoms with Gasteiger partial charge in [0, 0.05) is 11.1 Å². The maximum atomic E-state index is 12.5. The fourth-order valence-corrected chi connectivity index (χ4v) is 2.99. The quantitative estimate of drug-likeness (QED) is 0.383. The number of furan rings is 1. The molecule has 32 heavy (non-hydrogen) atoms. The molecule has 0 atom stereocenters. The molecule has 0 aliphatic heterocycles. The number of aromatic nitrogens is 2. The summed E-state index contributed by atoms with van der Waals surface area (Å²) in [5, 5.41) is 7.49. The van der Waals surface area contributed by atoms with Crippen LogP contribution in [0.1, 0.15) is 16.3 Å². The number of nitrogens with zero attached hydrogens (tertiary/aromatic N) is 2. The monoisotopic (exact) mass is 453 g/mol. The molecule has 0 fully saturated rings. The Labute approximate surface area is 189 Å². The third-order valence-corrected chi connectivity index (χ3v) is 4.59. The predicted molar refractivity (Wildman–Crippen MR) is 118 cm³/mol. The van der Waals surface area contributed by atoms with Crippen LogP contribution in [0.3, 0.4) is 0 Å². The zero-order valence-electron chi connectivity index (χ0n) is 17.2. The van der Waals surface area contributed by atoms with E-state index in [4.69, 9.17) is 30.2 Å². The van der Waals surface area contributed by atoms with Crippen molar-refractivity contribution in [3.05, 3.63) is 89.6 Å². The van der Waals surface area contributed by atoms with Crippen LogP contribution >= 0.6 is 11.6 Å². The number of carbonyl (C=O) groups excluding carboxylic acids is 1. The highest BCUT2D eigenvalue weighted by Gasteiger charge is 2.13. The minimum Gasteiger partial charge on any atom is -0.497 e. The zero-order valence-corrected chi connectivity index (χ0v) is 17.9. The SMILES string of the molecule is COc1cccc(OCc2ccc(C(=O)Nc3cnn(COc4cccc(Cl)c4)c3)o2)c1. The molecule has 0 radical (unpaired) electrons. The molecule has 4 rings (SSSR count). The smallest absolute Gasteiger partial charge is 0.291 e. The highest BCUT2D eigenvalue weighted by Crippen LogP contribution is 2.21. The van der Waals surface area contributed by atoms with Crippen LogP contribution in [-0.4, -0.2) is 22.8 Å². The number of amides is 1. The molecule has 1 N–H and O–H groups in total. The minimum absolute atomic E-state index is 0.164. The summed E-state index contributed by atoms with van der Waals surface area (Å²) in [6, 6.07) is 17.6. The second-order valence-electron chi connectivity index (χ2n) is 6.69. The molecule has 2 aromatic carbocycles. The summed E-state index contributed by atoms with van der Waals surface area (Å²) in [4.78, 5) is 12.5. The van der Waals surface area contributed by atoms with Gasteiger partial charge >= 0.3 is 0 Å². The Morgan fingerprint density at radius 2 is 1.84 bits per heavy atom. The van der Waals surface area contributed by atoms with Gasteiger partial charge in [-0.25, -0.2) is 4.68 Å². The number of nitrogens with one attached hydrogen (secondary N) is 1. The number of methoxy groups -OCH3 is 1. The number of halogens is 1. The van der Waals surface area contributed by atoms with Gasteiger partial charge in [0.15, 0.2) is 12.5 Å². The molecular weight excluding hydrogens is 434 g/mol. The van der Waals surface area contributed by atoms with Crippen LogP contribution in [-0.2, 0) is 13.3 Å². The summed E-state index contributed by atoms with van der Waals surface area (Å²) in [5.41, 5.74) is 0.510. The molecule has 0 unspecified atom stereocenters. The van der Waals surface area contributed by atoms with E-state index in [1.807, 2.05) is 18.2 Å². The molecule has 4 aromatic rings. The Bertz CT molecular complexity index is 1200. The van der Waals surface area contributed by atoms with E-state index in [2.05, 4.69) is 10.4 Å². The average molecular weight is 454 g/mol. The van der Waals surface area contributed by atoms with E-state index in [0.717, 1.165) is 0 Å². The van der Waals surface area contributed by atoms with Crippen molar-refractivity contribution in [1.29, 1.82) is 0 Å². The number of hydrogen-bond acceptors (Lipinski definition) is 6. The molecule has 0 saturated carbocycles. The molecule has 2 heterocycles. The molecule has 9 heteroatoms. The van der Waals surface area contributed by atoms with Crippen molar-refractivity contribution in [2.24, 2.45) is 0 Å². The molecule has 164 valence electrons. The van der Waals surface area contributed by atoms with Crippen LogP contribution in [0.4, 0.5) is 5.69 Å². The van der Waals surface area contributed by atoms with E-state index >= 15 is 0 Å². The molecule has 0 spiro atoms. The van der Waals surface area contributed by atoms with Crippen molar-refractivity contribution in [2.45, 2.75) is 13.3 Å². The fraction of sp³-hybridized carbons (Fsp3) is 0.130. The first-order chi connectivity index (χ1) is 15.6. The van der Waals surface area contributed by atoms with Crippen LogP contribution in [0.5, 0.6) is 17.2 Å². The highest BCUT2D eigenvalue weighted by atomic mass is 35.5. The summed E-state index contributed by atoms with van der Waals surface area (Å²) >= 11 is 5.94. The second kappa shape index (κ2) is 9.93. The maximum Gasteiger partial charge on any atom is 0.291 e. The summed E-state index contributed by atoms with van der Waals surface area (Å²) in [7, 11) is 1.59. The first-order valence-corrected chi connectivity index (χ1v) is 10.0. The lowest BCUT2D eigenvalue weighted by Gasteiger charge is -2.06. The van der Waals surface area contributed by atoms with Gasteiger partial charge < -0.3 is 23.9 Å². The zero-order chi connectivity index (χ0) is 22.3. The van der Waals surface area contributed by atoms with Crippen molar-refractivity contribution >= 4 is 23.2 Å². The summed E-state index contributed by atoms with van der Waals surface area (Å²) in [5.74, 6) is 2.24. The Balaban J connectivity index is 1.29. The third-order valence-electron chi connectivity index (χ3n) is 4.36. The van der Waals surface area contributed by atoms with Gasteiger partial charge in [0.2, 0.25) is 0 Å². The molecule has 8 nitrogen and oxygen atoms in total. The van der Waals surface area contributed by atoms with Crippen LogP contribution < -0.4 is 19.5 Å². The van der Waals surface area contributed by atoms with Gasteiger partial charge in [-0.05, 0) is 42.5 Å². The maximum absolute atomic E-state index is 12.5. The van der Waals surface area contributed by atoms with E-state index < -0.39 is 5.91 Å². The van der Waals surface area contributed by atoms with Crippen molar-refractivity contribution in [1.82, 2.24) is 9.78 Å². The van der Waals surface area contributed by atoms with E-state index in [-0.39, 0.29) is 19.1 Å². The van der Waals surface area contributed by atoms with Crippen molar-refractivity contribution in [2.75, 3.05) is 12.4 Å². The fourth-order valence-electron chi connectivity index (χ4n) is 2.81. The number of hydrogen-bond donors (Lipinski definition) is 1. The van der Waals surface area contributed by atoms with Crippen LogP contribution in [0, 0.1) is 0 Å². The minimum atomic E-state index is -0.395. The number of rotatable bonds is 9. The van der Waals surface area contributed by atoms with Gasteiger partial charge in [-0.3, -0.25) is 4.79 Å². The molecule has 2 aromatic heterocycles. The lowest BCUT2D eigenvalue weighted by Crippen LogP contribution is -2.10. The number of anilines is 1. The largest absolute Gasteiger partial charge is 0.497 e. The molecule has 0 bridgehead atoms. The number of carbonyl (C=O) groups is 1. The van der Waals surface area contributed by atoms with E-state index in [1.54, 1.807) is 60.5 Å². The lowest BCUT2D eigenvalue weighted by atomic mass is 10.3. The Kier molecular flexibility index (Phi) is 6.62. The summed E-state index contributed by atoms with van der Waals surface area (Å²) < 4.78 is 23.6. The third kappa shape index (κ3) is 5.61. The van der Waals surface area contributed by atoms with Gasteiger partial charge in [0.1, 0.15) is 29.6 Å². The molecule has 1 amide bonds. The Hall–Kier alpha value is -3.91. The normalized spacial score (nSPS) is 10.6. The van der Waals surface area contributed by atoms with Gasteiger partial charge in [0.25, 0.3) is 5.91 Å². The van der Waals surface area contributed by atoms with Gasteiger partial charge in [-0.1, -0.05) is 23.7 Å². The van der Waals surface area contributed by atoms with Crippen LogP contribution in [0.2, 0.25) is 5.02 Å². The van der Waals surface area contributed by atoms with Crippen molar-refractivity contribution in [3.8, 4) is 17.2 Å². The van der Waals surface area contributed by atoms with E-state index in [9.17, 15) is 4.79 Å². The van der Waals surface area contributed by atoms with Gasteiger partial charge in [0.05, 0.1) is 25.2 Å². The summed E-state index contributed by atoms with van der Waals surface area (Å²) in [6.07, 6.45) is 3.17. The number of benzene rings is 2. The Morgan fingerprint density at radius 3 is 2.66 bits per heavy atom. The van der Waals surface area contributed by atoms with E-state index in [0.29, 0.717) is 33.7 Å². The highest BCUT2D eigenvalue weighted by molar-refractivity contribution is 6.30.